The molecule has 0 saturated heterocycles. The van der Waals surface area contributed by atoms with Gasteiger partial charge >= 0.3 is 0 Å². The third-order valence-corrected chi connectivity index (χ3v) is 2.84. The molecule has 0 fully saturated rings. The molecule has 0 amide bonds. The molecular weight excluding hydrogens is 236 g/mol. The van der Waals surface area contributed by atoms with Crippen molar-refractivity contribution in [3.05, 3.63) is 34.9 Å². The second-order valence-electron chi connectivity index (χ2n) is 4.34. The summed E-state index contributed by atoms with van der Waals surface area (Å²) in [4.78, 5) is 11.7. The first kappa shape index (κ1) is 14.2. The topological polar surface area (TPSA) is 26.3 Å². The Morgan fingerprint density at radius 1 is 1.35 bits per heavy atom. The van der Waals surface area contributed by atoms with Gasteiger partial charge < -0.3 is 4.74 Å². The number of ether oxygens (including phenoxy) is 1. The lowest BCUT2D eigenvalue weighted by Crippen LogP contribution is -2.13. The van der Waals surface area contributed by atoms with Gasteiger partial charge in [-0.2, -0.15) is 0 Å². The molecule has 1 aromatic carbocycles. The van der Waals surface area contributed by atoms with Crippen LogP contribution in [0.5, 0.6) is 0 Å². The van der Waals surface area contributed by atoms with E-state index in [1.165, 1.54) is 0 Å². The van der Waals surface area contributed by atoms with Crippen LogP contribution in [0.2, 0.25) is 5.02 Å². The average Bonchev–Trinajstić information content (AvgIpc) is 2.30. The Morgan fingerprint density at radius 3 is 2.59 bits per heavy atom. The molecule has 17 heavy (non-hydrogen) atoms. The fourth-order valence-corrected chi connectivity index (χ4v) is 1.77. The number of benzene rings is 1. The first-order valence-corrected chi connectivity index (χ1v) is 6.37. The fourth-order valence-electron chi connectivity index (χ4n) is 1.65. The molecule has 0 bridgehead atoms. The highest BCUT2D eigenvalue weighted by molar-refractivity contribution is 6.30. The minimum absolute atomic E-state index is 0.00497. The van der Waals surface area contributed by atoms with Crippen LogP contribution in [-0.4, -0.2) is 19.0 Å². The van der Waals surface area contributed by atoms with Gasteiger partial charge in [0.25, 0.3) is 0 Å². The van der Waals surface area contributed by atoms with Gasteiger partial charge in [0.15, 0.2) is 5.78 Å². The molecule has 1 unspecified atom stereocenters. The standard InChI is InChI=1S/C14H19ClO2/c1-3-4-11(2)9-17-10-14(16)12-5-7-13(15)8-6-12/h5-8,11H,3-4,9-10H2,1-2H3. The molecule has 2 nitrogen and oxygen atoms in total. The molecule has 0 aliphatic carbocycles. The smallest absolute Gasteiger partial charge is 0.188 e. The lowest BCUT2D eigenvalue weighted by Gasteiger charge is -2.10. The highest BCUT2D eigenvalue weighted by Crippen LogP contribution is 2.10. The molecule has 0 heterocycles. The van der Waals surface area contributed by atoms with Crippen LogP contribution in [0, 0.1) is 5.92 Å². The van der Waals surface area contributed by atoms with Crippen LogP contribution in [0.25, 0.3) is 0 Å². The Hall–Kier alpha value is -0.860. The molecule has 0 spiro atoms. The van der Waals surface area contributed by atoms with E-state index in [1.54, 1.807) is 24.3 Å². The number of carbonyl (C=O) groups is 1. The van der Waals surface area contributed by atoms with Gasteiger partial charge in [0.05, 0.1) is 0 Å². The van der Waals surface area contributed by atoms with Crippen molar-refractivity contribution in [3.63, 3.8) is 0 Å². The number of Topliss-reactive ketones (excluding diaryl/α,β-unsaturated/α-hetero) is 1. The van der Waals surface area contributed by atoms with Crippen molar-refractivity contribution in [1.82, 2.24) is 0 Å². The maximum Gasteiger partial charge on any atom is 0.188 e. The van der Waals surface area contributed by atoms with E-state index in [9.17, 15) is 4.79 Å². The van der Waals surface area contributed by atoms with Gasteiger partial charge in [-0.1, -0.05) is 31.9 Å². The van der Waals surface area contributed by atoms with Crippen molar-refractivity contribution in [2.75, 3.05) is 13.2 Å². The third kappa shape index (κ3) is 5.33. The highest BCUT2D eigenvalue weighted by Gasteiger charge is 2.07. The summed E-state index contributed by atoms with van der Waals surface area (Å²) in [5.74, 6) is 0.517. The number of rotatable bonds is 7. The van der Waals surface area contributed by atoms with E-state index < -0.39 is 0 Å². The second kappa shape index (κ2) is 7.46. The SMILES string of the molecule is CCCC(C)COCC(=O)c1ccc(Cl)cc1. The minimum atomic E-state index is 0.00497. The summed E-state index contributed by atoms with van der Waals surface area (Å²) in [5.41, 5.74) is 0.651. The largest absolute Gasteiger partial charge is 0.373 e. The normalized spacial score (nSPS) is 12.4. The van der Waals surface area contributed by atoms with Crippen molar-refractivity contribution in [2.24, 2.45) is 5.92 Å². The molecule has 1 rings (SSSR count). The van der Waals surface area contributed by atoms with Crippen molar-refractivity contribution in [3.8, 4) is 0 Å². The summed E-state index contributed by atoms with van der Waals surface area (Å²) in [5, 5.41) is 0.638. The van der Waals surface area contributed by atoms with Crippen LogP contribution in [0.1, 0.15) is 37.0 Å². The Bertz CT molecular complexity index is 346. The van der Waals surface area contributed by atoms with Gasteiger partial charge in [-0.25, -0.2) is 0 Å². The summed E-state index contributed by atoms with van der Waals surface area (Å²) in [6.45, 7) is 5.08. The van der Waals surface area contributed by atoms with Gasteiger partial charge in [0, 0.05) is 17.2 Å². The van der Waals surface area contributed by atoms with Crippen LogP contribution in [0.15, 0.2) is 24.3 Å². The summed E-state index contributed by atoms with van der Waals surface area (Å²) >= 11 is 5.75. The molecular formula is C14H19ClO2. The number of carbonyl (C=O) groups excluding carboxylic acids is 1. The van der Waals surface area contributed by atoms with Crippen molar-refractivity contribution in [2.45, 2.75) is 26.7 Å². The molecule has 0 N–H and O–H groups in total. The summed E-state index contributed by atoms with van der Waals surface area (Å²) in [6.07, 6.45) is 2.28. The van der Waals surface area contributed by atoms with E-state index in [2.05, 4.69) is 13.8 Å². The molecule has 0 aliphatic rings. The monoisotopic (exact) mass is 254 g/mol. The van der Waals surface area contributed by atoms with E-state index in [1.807, 2.05) is 0 Å². The van der Waals surface area contributed by atoms with E-state index >= 15 is 0 Å². The zero-order chi connectivity index (χ0) is 12.7. The van der Waals surface area contributed by atoms with Crippen LogP contribution >= 0.6 is 11.6 Å². The van der Waals surface area contributed by atoms with Crippen LogP contribution in [-0.2, 0) is 4.74 Å². The third-order valence-electron chi connectivity index (χ3n) is 2.58. The first-order valence-electron chi connectivity index (χ1n) is 6.00. The maximum absolute atomic E-state index is 11.7. The van der Waals surface area contributed by atoms with Gasteiger partial charge in [-0.15, -0.1) is 0 Å². The average molecular weight is 255 g/mol. The lowest BCUT2D eigenvalue weighted by molar-refractivity contribution is 0.0683. The number of halogens is 1. The molecule has 94 valence electrons. The second-order valence-corrected chi connectivity index (χ2v) is 4.78. The Kier molecular flexibility index (Phi) is 6.23. The van der Waals surface area contributed by atoms with E-state index in [0.29, 0.717) is 23.1 Å². The predicted molar refractivity (Wildman–Crippen MR) is 70.7 cm³/mol. The van der Waals surface area contributed by atoms with E-state index in [-0.39, 0.29) is 12.4 Å². The summed E-state index contributed by atoms with van der Waals surface area (Å²) < 4.78 is 5.41. The zero-order valence-corrected chi connectivity index (χ0v) is 11.2. The molecule has 3 heteroatoms. The Morgan fingerprint density at radius 2 is 2.00 bits per heavy atom. The van der Waals surface area contributed by atoms with Gasteiger partial charge in [0.2, 0.25) is 0 Å². The van der Waals surface area contributed by atoms with E-state index in [0.717, 1.165) is 12.8 Å². The summed E-state index contributed by atoms with van der Waals surface area (Å²) in [7, 11) is 0. The molecule has 1 atom stereocenters. The van der Waals surface area contributed by atoms with Crippen molar-refractivity contribution in [1.29, 1.82) is 0 Å². The molecule has 0 radical (unpaired) electrons. The highest BCUT2D eigenvalue weighted by atomic mass is 35.5. The van der Waals surface area contributed by atoms with Gasteiger partial charge in [-0.05, 0) is 36.6 Å². The Balaban J connectivity index is 2.32. The Labute approximate surface area is 108 Å². The summed E-state index contributed by atoms with van der Waals surface area (Å²) in [6, 6.07) is 6.88. The van der Waals surface area contributed by atoms with Crippen molar-refractivity contribution >= 4 is 17.4 Å². The maximum atomic E-state index is 11.7. The number of hydrogen-bond acceptors (Lipinski definition) is 2. The molecule has 0 aliphatic heterocycles. The van der Waals surface area contributed by atoms with E-state index in [4.69, 9.17) is 16.3 Å². The number of ketones is 1. The van der Waals surface area contributed by atoms with Crippen molar-refractivity contribution < 1.29 is 9.53 Å². The quantitative estimate of drug-likeness (QED) is 0.688. The molecule has 0 aromatic heterocycles. The van der Waals surface area contributed by atoms with Gasteiger partial charge in [-0.3, -0.25) is 4.79 Å². The van der Waals surface area contributed by atoms with Crippen LogP contribution in [0.3, 0.4) is 0 Å². The molecule has 0 saturated carbocycles. The number of hydrogen-bond donors (Lipinski definition) is 0. The van der Waals surface area contributed by atoms with Crippen LogP contribution in [0.4, 0.5) is 0 Å². The lowest BCUT2D eigenvalue weighted by atomic mass is 10.1. The zero-order valence-electron chi connectivity index (χ0n) is 10.4. The van der Waals surface area contributed by atoms with Gasteiger partial charge in [0.1, 0.15) is 6.61 Å². The van der Waals surface area contributed by atoms with Crippen LogP contribution < -0.4 is 0 Å². The first-order chi connectivity index (χ1) is 8.13. The predicted octanol–water partition coefficient (Wildman–Crippen LogP) is 3.98. The fraction of sp³-hybridized carbons (Fsp3) is 0.500. The molecule has 1 aromatic rings. The minimum Gasteiger partial charge on any atom is -0.373 e.